The average Bonchev–Trinajstić information content (AvgIpc) is 0.828. The molecule has 21 heteroatoms. The van der Waals surface area contributed by atoms with E-state index in [0.29, 0.717) is 114 Å². The SMILES string of the molecule is C=C(C)[C@@H]1CCC(C)=CC1c1c(O)cc(CCCCC)c(C(=O)NC2C(=O)CCC2=O)c1O.C=C(C)[C@@H]1CCC(C)=CC1c1c(O)cc(CCCCC)c(C(=O)NCCOCCOCCC(=O)NCCN(C)C)c1O.CN(C)CCNC(=O)CCOCCOCCN. The Morgan fingerprint density at radius 1 is 0.565 bits per heavy atom. The van der Waals surface area contributed by atoms with Crippen molar-refractivity contribution >= 4 is 35.2 Å². The van der Waals surface area contributed by atoms with Gasteiger partial charge in [-0.1, -0.05) is 87.1 Å². The van der Waals surface area contributed by atoms with Crippen molar-refractivity contribution in [3.8, 4) is 23.0 Å². The molecule has 2 aromatic carbocycles. The second kappa shape index (κ2) is 43.4. The number of phenols is 4. The lowest BCUT2D eigenvalue weighted by Crippen LogP contribution is -2.42. The van der Waals surface area contributed by atoms with E-state index in [2.05, 4.69) is 61.3 Å². The van der Waals surface area contributed by atoms with Crippen LogP contribution in [0.5, 0.6) is 23.0 Å². The summed E-state index contributed by atoms with van der Waals surface area (Å²) in [4.78, 5) is 78.0. The second-order valence-corrected chi connectivity index (χ2v) is 25.0. The molecule has 516 valence electrons. The fourth-order valence-corrected chi connectivity index (χ4v) is 11.4. The van der Waals surface area contributed by atoms with Gasteiger partial charge in [-0.05, 0) is 142 Å². The van der Waals surface area contributed by atoms with Crippen molar-refractivity contribution in [2.75, 3.05) is 120 Å². The topological polar surface area (TPSA) is 301 Å². The Labute approximate surface area is 548 Å². The zero-order valence-corrected chi connectivity index (χ0v) is 57.2. The summed E-state index contributed by atoms with van der Waals surface area (Å²) in [7, 11) is 7.85. The van der Waals surface area contributed by atoms with Crippen LogP contribution < -0.4 is 27.0 Å². The lowest BCUT2D eigenvalue weighted by molar-refractivity contribution is -0.125. The zero-order valence-electron chi connectivity index (χ0n) is 57.2. The molecular formula is C71H113N7O14. The lowest BCUT2D eigenvalue weighted by atomic mass is 9.73. The zero-order chi connectivity index (χ0) is 68.3. The Kier molecular flexibility index (Phi) is 37.7. The van der Waals surface area contributed by atoms with Crippen LogP contribution in [-0.4, -0.2) is 192 Å². The van der Waals surface area contributed by atoms with Gasteiger partial charge in [-0.15, -0.1) is 0 Å². The van der Waals surface area contributed by atoms with Crippen molar-refractivity contribution in [3.63, 3.8) is 0 Å². The van der Waals surface area contributed by atoms with E-state index in [1.807, 2.05) is 64.8 Å². The largest absolute Gasteiger partial charge is 0.507 e. The maximum atomic E-state index is 13.4. The number of nitrogens with two attached hydrogens (primary N) is 1. The number of carbonyl (C=O) groups excluding carboxylic acids is 6. The summed E-state index contributed by atoms with van der Waals surface area (Å²) in [6.45, 7) is 27.4. The highest BCUT2D eigenvalue weighted by molar-refractivity contribution is 6.15. The van der Waals surface area contributed by atoms with Crippen molar-refractivity contribution in [1.29, 1.82) is 0 Å². The number of phenolic OH excluding ortho intramolecular Hbond substituents is 4. The number of carbonyl (C=O) groups is 6. The van der Waals surface area contributed by atoms with Gasteiger partial charge in [-0.2, -0.15) is 0 Å². The third-order valence-corrected chi connectivity index (χ3v) is 16.6. The Hall–Kier alpha value is -6.46. The minimum atomic E-state index is -1.17. The minimum Gasteiger partial charge on any atom is -0.507 e. The molecule has 2 unspecified atom stereocenters. The minimum absolute atomic E-state index is 0.0188. The third kappa shape index (κ3) is 27.6. The fourth-order valence-electron chi connectivity index (χ4n) is 11.4. The molecule has 1 saturated carbocycles. The molecule has 21 nitrogen and oxygen atoms in total. The van der Waals surface area contributed by atoms with Crippen molar-refractivity contribution in [1.82, 2.24) is 31.1 Å². The fraction of sp³-hybridized carbons (Fsp3) is 0.634. The molecule has 0 heterocycles. The maximum absolute atomic E-state index is 13.4. The highest BCUT2D eigenvalue weighted by atomic mass is 16.5. The second-order valence-electron chi connectivity index (χ2n) is 25.0. The first-order valence-electron chi connectivity index (χ1n) is 33.2. The van der Waals surface area contributed by atoms with E-state index in [0.717, 1.165) is 94.0 Å². The number of aromatic hydroxyl groups is 4. The number of unbranched alkanes of at least 4 members (excludes halogenated alkanes) is 4. The predicted molar refractivity (Wildman–Crippen MR) is 362 cm³/mol. The quantitative estimate of drug-likeness (QED) is 0.0173. The van der Waals surface area contributed by atoms with Crippen LogP contribution in [0, 0.1) is 11.8 Å². The molecule has 10 N–H and O–H groups in total. The summed E-state index contributed by atoms with van der Waals surface area (Å²) in [5.74, 6) is -2.62. The first-order chi connectivity index (χ1) is 43.9. The van der Waals surface area contributed by atoms with Crippen LogP contribution in [-0.2, 0) is 51.0 Å². The van der Waals surface area contributed by atoms with E-state index in [9.17, 15) is 49.2 Å². The van der Waals surface area contributed by atoms with E-state index in [1.54, 1.807) is 12.1 Å². The van der Waals surface area contributed by atoms with Gasteiger partial charge in [0.25, 0.3) is 11.8 Å². The summed E-state index contributed by atoms with van der Waals surface area (Å²) in [5.41, 5.74) is 11.7. The number of likely N-dealkylation sites (N-methyl/N-ethyl adjacent to an activating group) is 2. The molecule has 0 bridgehead atoms. The molecule has 0 spiro atoms. The third-order valence-electron chi connectivity index (χ3n) is 16.6. The Morgan fingerprint density at radius 3 is 1.36 bits per heavy atom. The first kappa shape index (κ1) is 79.8. The molecule has 0 aliphatic heterocycles. The average molecular weight is 1290 g/mol. The molecule has 0 aromatic heterocycles. The Bertz CT molecular complexity index is 2760. The molecule has 2 aromatic rings. The van der Waals surface area contributed by atoms with Gasteiger partial charge < -0.3 is 76.2 Å². The molecule has 0 radical (unpaired) electrons. The number of ether oxygens (including phenoxy) is 4. The number of rotatable bonds is 38. The summed E-state index contributed by atoms with van der Waals surface area (Å²) in [6, 6.07) is 2.05. The van der Waals surface area contributed by atoms with Crippen molar-refractivity contribution < 1.29 is 68.1 Å². The smallest absolute Gasteiger partial charge is 0.256 e. The number of nitrogens with zero attached hydrogens (tertiary/aromatic N) is 2. The number of allylic oxidation sites excluding steroid dienone is 6. The number of Topliss-reactive ketones (excluding diaryl/α,β-unsaturated/α-hetero) is 2. The number of hydrogen-bond donors (Lipinski definition) is 9. The van der Waals surface area contributed by atoms with Gasteiger partial charge in [0.2, 0.25) is 11.8 Å². The number of benzene rings is 2. The number of aryl methyl sites for hydroxylation is 2. The monoisotopic (exact) mass is 1290 g/mol. The van der Waals surface area contributed by atoms with Crippen LogP contribution in [0.4, 0.5) is 0 Å². The van der Waals surface area contributed by atoms with E-state index in [1.165, 1.54) is 5.57 Å². The first-order valence-corrected chi connectivity index (χ1v) is 33.2. The summed E-state index contributed by atoms with van der Waals surface area (Å²) >= 11 is 0. The Morgan fingerprint density at radius 2 is 0.967 bits per heavy atom. The molecule has 1 fully saturated rings. The maximum Gasteiger partial charge on any atom is 0.256 e. The van der Waals surface area contributed by atoms with Gasteiger partial charge in [-0.3, -0.25) is 28.8 Å². The van der Waals surface area contributed by atoms with E-state index >= 15 is 0 Å². The van der Waals surface area contributed by atoms with Crippen LogP contribution >= 0.6 is 0 Å². The van der Waals surface area contributed by atoms with Crippen LogP contribution in [0.3, 0.4) is 0 Å². The summed E-state index contributed by atoms with van der Waals surface area (Å²) in [6.07, 6.45) is 15.3. The van der Waals surface area contributed by atoms with Gasteiger partial charge in [0.05, 0.1) is 64.0 Å². The number of nitrogens with one attached hydrogen (secondary N) is 4. The molecule has 4 atom stereocenters. The lowest BCUT2D eigenvalue weighted by Gasteiger charge is -2.32. The van der Waals surface area contributed by atoms with Gasteiger partial charge in [-0.25, -0.2) is 0 Å². The van der Waals surface area contributed by atoms with Gasteiger partial charge in [0.15, 0.2) is 11.6 Å². The molecule has 0 saturated heterocycles. The molecule has 4 amide bonds. The van der Waals surface area contributed by atoms with Gasteiger partial charge >= 0.3 is 0 Å². The van der Waals surface area contributed by atoms with Crippen LogP contribution in [0.2, 0.25) is 0 Å². The van der Waals surface area contributed by atoms with Crippen molar-refractivity contribution in [3.05, 3.63) is 93.1 Å². The van der Waals surface area contributed by atoms with E-state index in [4.69, 9.17) is 24.7 Å². The van der Waals surface area contributed by atoms with Crippen molar-refractivity contribution in [2.45, 2.75) is 162 Å². The van der Waals surface area contributed by atoms with Gasteiger partial charge in [0.1, 0.15) is 29.0 Å². The van der Waals surface area contributed by atoms with Crippen LogP contribution in [0.15, 0.2) is 59.7 Å². The highest BCUT2D eigenvalue weighted by Gasteiger charge is 2.38. The summed E-state index contributed by atoms with van der Waals surface area (Å²) < 4.78 is 21.4. The predicted octanol–water partition coefficient (Wildman–Crippen LogP) is 8.60. The molecular weight excluding hydrogens is 1170 g/mol. The molecule has 3 aliphatic carbocycles. The number of ketones is 2. The number of hydrogen-bond acceptors (Lipinski definition) is 17. The van der Waals surface area contributed by atoms with E-state index < -0.39 is 11.9 Å². The van der Waals surface area contributed by atoms with E-state index in [-0.39, 0.29) is 113 Å². The standard InChI is InChI=1S/C33H53N3O6.C27H35NO5.C11H25N3O3/c1-7-8-9-10-25-22-28(37)31(27-21-24(4)11-12-26(27)23(2)3)32(39)30(25)33(40)35-15-18-42-20-19-41-17-13-29(38)34-14-16-36(5)6;1-5-6-7-8-17-14-22(31)24(19-13-16(4)9-10-18(19)15(2)3)26(32)23(17)27(33)28-25-20(29)11-12-21(25)30;1-14(2)6-5-13-11(15)3-7-16-9-10-17-8-4-12/h21-22,26-27,37,39H,2,7-20H2,1,3-6H3,(H,34,38)(H,35,40);13-14,18-19,25,31-32H,2,5-12H2,1,3-4H3,(H,28,33);3-10,12H2,1-2H3,(H,13,15)/t26-,27?;18-,19?;/m00./s1. The van der Waals surface area contributed by atoms with Gasteiger partial charge in [0, 0.05) is 87.9 Å². The normalized spacial score (nSPS) is 17.3. The summed E-state index contributed by atoms with van der Waals surface area (Å²) in [5, 5.41) is 56.0. The van der Waals surface area contributed by atoms with Crippen molar-refractivity contribution in [2.24, 2.45) is 17.6 Å². The molecule has 3 aliphatic rings. The highest BCUT2D eigenvalue weighted by Crippen LogP contribution is 2.50. The molecule has 92 heavy (non-hydrogen) atoms. The van der Waals surface area contributed by atoms with Crippen LogP contribution in [0.1, 0.15) is 186 Å². The number of amides is 4. The molecule has 5 rings (SSSR count). The van der Waals surface area contributed by atoms with Crippen LogP contribution in [0.25, 0.3) is 0 Å². The Balaban J connectivity index is 0.000000392.